The van der Waals surface area contributed by atoms with Crippen molar-refractivity contribution in [2.24, 2.45) is 11.3 Å². The van der Waals surface area contributed by atoms with Crippen LogP contribution >= 0.6 is 0 Å². The fourth-order valence-corrected chi connectivity index (χ4v) is 12.6. The summed E-state index contributed by atoms with van der Waals surface area (Å²) >= 11 is -2.36. The van der Waals surface area contributed by atoms with Gasteiger partial charge in [-0.2, -0.15) is 0 Å². The first-order valence-corrected chi connectivity index (χ1v) is 18.2. The van der Waals surface area contributed by atoms with E-state index in [0.717, 1.165) is 12.8 Å². The molecule has 0 N–H and O–H groups in total. The van der Waals surface area contributed by atoms with Crippen LogP contribution < -0.4 is 28.1 Å². The number of halogens is 2. The van der Waals surface area contributed by atoms with Gasteiger partial charge in [-0.3, -0.25) is 0 Å². The van der Waals surface area contributed by atoms with Crippen LogP contribution in [-0.2, 0) is 38.5 Å². The molecule has 0 saturated carbocycles. The Hall–Kier alpha value is -0.747. The maximum absolute atomic E-state index is 5.13. The monoisotopic (exact) mass is 628 g/mol. The Morgan fingerprint density at radius 2 is 1.37 bits per heavy atom. The number of rotatable bonds is 4. The van der Waals surface area contributed by atoms with Gasteiger partial charge in [0.25, 0.3) is 0 Å². The van der Waals surface area contributed by atoms with Crippen LogP contribution in [0.4, 0.5) is 0 Å². The molecule has 0 saturated heterocycles. The van der Waals surface area contributed by atoms with Crippen molar-refractivity contribution < 1.29 is 46.1 Å². The number of hydrogen-bond acceptors (Lipinski definition) is 0. The zero-order valence-electron chi connectivity index (χ0n) is 25.6. The van der Waals surface area contributed by atoms with E-state index in [1.165, 1.54) is 34.2 Å². The maximum atomic E-state index is 5.13. The van der Waals surface area contributed by atoms with Gasteiger partial charge < -0.3 is 24.8 Å². The van der Waals surface area contributed by atoms with E-state index in [2.05, 4.69) is 113 Å². The molecule has 206 valence electrons. The second kappa shape index (κ2) is 11.6. The van der Waals surface area contributed by atoms with Crippen LogP contribution in [-0.4, -0.2) is 4.21 Å². The van der Waals surface area contributed by atoms with Crippen molar-refractivity contribution in [2.75, 3.05) is 0 Å². The fourth-order valence-electron chi connectivity index (χ4n) is 6.15. The van der Waals surface area contributed by atoms with E-state index >= 15 is 0 Å². The van der Waals surface area contributed by atoms with Crippen molar-refractivity contribution in [1.29, 1.82) is 0 Å². The molecule has 4 rings (SSSR count). The van der Waals surface area contributed by atoms with Crippen LogP contribution in [0.15, 0.2) is 50.8 Å². The number of hydrogen-bond donors (Lipinski definition) is 0. The van der Waals surface area contributed by atoms with Crippen LogP contribution in [0.5, 0.6) is 0 Å². The minimum Gasteiger partial charge on any atom is -1.00 e. The molecule has 0 spiro atoms. The van der Waals surface area contributed by atoms with Gasteiger partial charge in [0.2, 0.25) is 0 Å². The molecule has 0 aliphatic heterocycles. The smallest absolute Gasteiger partial charge is 1.00 e. The molecule has 2 aliphatic carbocycles. The molecule has 0 heterocycles. The van der Waals surface area contributed by atoms with Crippen molar-refractivity contribution in [3.63, 3.8) is 0 Å². The summed E-state index contributed by atoms with van der Waals surface area (Å²) in [6, 6.07) is 12.4. The van der Waals surface area contributed by atoms with Gasteiger partial charge in [0, 0.05) is 0 Å². The number of fused-ring (bicyclic) bond motifs is 3. The minimum absolute atomic E-state index is 0. The van der Waals surface area contributed by atoms with Gasteiger partial charge in [-0.25, -0.2) is 0 Å². The Morgan fingerprint density at radius 3 is 1.87 bits per heavy atom. The van der Waals surface area contributed by atoms with E-state index in [1.807, 2.05) is 0 Å². The molecule has 0 amide bonds. The molecule has 38 heavy (non-hydrogen) atoms. The molecule has 2 aromatic rings. The Morgan fingerprint density at radius 1 is 0.789 bits per heavy atom. The Kier molecular flexibility index (Phi) is 10.2. The molecule has 1 atom stereocenters. The van der Waals surface area contributed by atoms with Gasteiger partial charge in [0.05, 0.1) is 0 Å². The fraction of sp³-hybridized carbons (Fsp3) is 0.514. The van der Waals surface area contributed by atoms with Gasteiger partial charge >= 0.3 is 231 Å². The molecule has 0 aromatic heterocycles. The van der Waals surface area contributed by atoms with Crippen molar-refractivity contribution in [3.05, 3.63) is 73.1 Å². The molecule has 2 aromatic carbocycles. The minimum atomic E-state index is -2.36. The second-order valence-electron chi connectivity index (χ2n) is 14.2. The van der Waals surface area contributed by atoms with E-state index < -0.39 is 21.3 Å². The van der Waals surface area contributed by atoms with Crippen LogP contribution in [0.3, 0.4) is 0 Å². The quantitative estimate of drug-likeness (QED) is 0.416. The number of allylic oxidation sites excluding steroid dienone is 4. The average molecular weight is 631 g/mol. The summed E-state index contributed by atoms with van der Waals surface area (Å²) in [6.45, 7) is 26.0. The van der Waals surface area contributed by atoms with Crippen LogP contribution in [0.1, 0.15) is 111 Å². The second-order valence-corrected chi connectivity index (χ2v) is 19.2. The van der Waals surface area contributed by atoms with E-state index in [1.54, 1.807) is 23.3 Å². The molecular formula is C35H48Cl2Zr. The third-order valence-electron chi connectivity index (χ3n) is 8.39. The standard InChI is InChI=1S/C21H25.C13H21.CH2.2ClH.Zr/c1-20(2,3)16-9-7-14-11-15-8-10-17(21(4,5)6)13-19(15)18(14)12-16;1-6-10-8-11(7-2)12(9-10)13(3,4)5;;;;/h7,9-10,12-13H,11H2,1-6H3;9-10H,6-7H2,1-5H3;1H2;2*1H;/q;;;;;+2/p-2. The Balaban J connectivity index is 0.00000253. The zero-order chi connectivity index (χ0) is 26.8. The third-order valence-corrected chi connectivity index (χ3v) is 14.3. The first-order valence-electron chi connectivity index (χ1n) is 14.0. The number of benzene rings is 2. The summed E-state index contributed by atoms with van der Waals surface area (Å²) < 4.78 is 8.55. The molecule has 2 aliphatic rings. The zero-order valence-corrected chi connectivity index (χ0v) is 29.6. The summed E-state index contributed by atoms with van der Waals surface area (Å²) in [5, 5.41) is 0. The van der Waals surface area contributed by atoms with E-state index in [4.69, 9.17) is 4.21 Å². The predicted molar refractivity (Wildman–Crippen MR) is 157 cm³/mol. The normalized spacial score (nSPS) is 16.7. The molecular weight excluding hydrogens is 583 g/mol. The van der Waals surface area contributed by atoms with Crippen LogP contribution in [0, 0.1) is 11.3 Å². The van der Waals surface area contributed by atoms with Crippen molar-refractivity contribution in [3.8, 4) is 11.1 Å². The summed E-state index contributed by atoms with van der Waals surface area (Å²) in [4.78, 5) is 0. The van der Waals surface area contributed by atoms with Gasteiger partial charge in [-0.1, -0.05) is 0 Å². The first-order chi connectivity index (χ1) is 16.6. The van der Waals surface area contributed by atoms with Crippen molar-refractivity contribution in [2.45, 2.75) is 106 Å². The molecule has 3 heteroatoms. The van der Waals surface area contributed by atoms with Crippen LogP contribution in [0.25, 0.3) is 11.1 Å². The predicted octanol–water partition coefficient (Wildman–Crippen LogP) is 3.21. The maximum Gasteiger partial charge on any atom is -1.00 e. The summed E-state index contributed by atoms with van der Waals surface area (Å²) in [7, 11) is 0. The van der Waals surface area contributed by atoms with Crippen LogP contribution in [0.2, 0.25) is 0 Å². The topological polar surface area (TPSA) is 0 Å². The Labute approximate surface area is 253 Å². The van der Waals surface area contributed by atoms with Crippen molar-refractivity contribution >= 4 is 7.48 Å². The SMILES string of the molecule is [CH2]=[Zr+2]([C]1=C(CC)C(C(C)(C)C)=CC1CC)[c]1cc(C(C)(C)C)cc2c1Cc1ccc(C(C)(C)C)cc1-2.[Cl-].[Cl-]. The molecule has 0 nitrogen and oxygen atoms in total. The van der Waals surface area contributed by atoms with E-state index in [9.17, 15) is 0 Å². The van der Waals surface area contributed by atoms with Gasteiger partial charge in [0.15, 0.2) is 0 Å². The molecule has 0 bridgehead atoms. The van der Waals surface area contributed by atoms with Gasteiger partial charge in [-0.15, -0.1) is 0 Å². The van der Waals surface area contributed by atoms with Gasteiger partial charge in [0.1, 0.15) is 0 Å². The van der Waals surface area contributed by atoms with Gasteiger partial charge in [-0.05, 0) is 0 Å². The Bertz CT molecular complexity index is 1290. The molecule has 0 fully saturated rings. The third kappa shape index (κ3) is 6.11. The van der Waals surface area contributed by atoms with E-state index in [-0.39, 0.29) is 41.1 Å². The molecule has 1 unspecified atom stereocenters. The van der Waals surface area contributed by atoms with E-state index in [0.29, 0.717) is 5.92 Å². The summed E-state index contributed by atoms with van der Waals surface area (Å²) in [6.07, 6.45) is 6.01. The largest absolute Gasteiger partial charge is 1.00 e. The first kappa shape index (κ1) is 33.5. The average Bonchev–Trinajstić information content (AvgIpc) is 3.34. The van der Waals surface area contributed by atoms with Crippen molar-refractivity contribution in [1.82, 2.24) is 0 Å². The summed E-state index contributed by atoms with van der Waals surface area (Å²) in [5.74, 6) is 0.575. The molecule has 0 radical (unpaired) electrons. The summed E-state index contributed by atoms with van der Waals surface area (Å²) in [5.41, 5.74) is 12.7.